The van der Waals surface area contributed by atoms with Gasteiger partial charge in [-0.15, -0.1) is 12.4 Å². The fourth-order valence-electron chi connectivity index (χ4n) is 4.15. The smallest absolute Gasteiger partial charge is 0.223 e. The monoisotopic (exact) mass is 366 g/mol. The Balaban J connectivity index is 0.00000225. The summed E-state index contributed by atoms with van der Waals surface area (Å²) in [6, 6.07) is 10.3. The van der Waals surface area contributed by atoms with Gasteiger partial charge in [0.1, 0.15) is 6.10 Å². The number of morpholine rings is 1. The van der Waals surface area contributed by atoms with Crippen molar-refractivity contribution in [1.29, 1.82) is 0 Å². The summed E-state index contributed by atoms with van der Waals surface area (Å²) in [5.41, 5.74) is 7.24. The number of carbonyl (C=O) groups is 1. The van der Waals surface area contributed by atoms with Gasteiger partial charge in [-0.25, -0.2) is 0 Å². The third kappa shape index (κ3) is 4.75. The highest BCUT2D eigenvalue weighted by molar-refractivity contribution is 5.85. The first-order valence-corrected chi connectivity index (χ1v) is 9.30. The van der Waals surface area contributed by atoms with Gasteiger partial charge >= 0.3 is 0 Å². The van der Waals surface area contributed by atoms with Crippen LogP contribution in [0.5, 0.6) is 0 Å². The Morgan fingerprint density at radius 3 is 2.56 bits per heavy atom. The zero-order valence-corrected chi connectivity index (χ0v) is 16.0. The van der Waals surface area contributed by atoms with Crippen LogP contribution in [0.1, 0.15) is 57.1 Å². The molecule has 2 atom stereocenters. The molecular formula is C20H31ClN2O2. The van der Waals surface area contributed by atoms with Crippen LogP contribution >= 0.6 is 12.4 Å². The van der Waals surface area contributed by atoms with Crippen LogP contribution in [-0.2, 0) is 9.53 Å². The van der Waals surface area contributed by atoms with E-state index in [1.165, 1.54) is 19.3 Å². The fourth-order valence-corrected chi connectivity index (χ4v) is 4.15. The van der Waals surface area contributed by atoms with Gasteiger partial charge in [0.25, 0.3) is 0 Å². The number of carbonyl (C=O) groups excluding carboxylic acids is 1. The lowest BCUT2D eigenvalue weighted by Crippen LogP contribution is -2.50. The summed E-state index contributed by atoms with van der Waals surface area (Å²) in [7, 11) is 0. The maximum absolute atomic E-state index is 13.0. The van der Waals surface area contributed by atoms with E-state index in [-0.39, 0.29) is 35.9 Å². The zero-order valence-electron chi connectivity index (χ0n) is 15.2. The number of nitrogens with two attached hydrogens (primary N) is 1. The minimum absolute atomic E-state index is 0. The molecule has 5 heteroatoms. The minimum atomic E-state index is -0.0217. The van der Waals surface area contributed by atoms with Gasteiger partial charge in [0.2, 0.25) is 5.91 Å². The topological polar surface area (TPSA) is 55.6 Å². The number of hydrogen-bond acceptors (Lipinski definition) is 3. The third-order valence-electron chi connectivity index (χ3n) is 5.80. The number of halogens is 1. The van der Waals surface area contributed by atoms with Gasteiger partial charge in [-0.2, -0.15) is 0 Å². The molecule has 3 rings (SSSR count). The highest BCUT2D eigenvalue weighted by Crippen LogP contribution is 2.39. The first-order valence-electron chi connectivity index (χ1n) is 9.30. The van der Waals surface area contributed by atoms with Crippen LogP contribution in [0, 0.1) is 5.41 Å². The Hall–Kier alpha value is -1.10. The Bertz CT molecular complexity index is 546. The van der Waals surface area contributed by atoms with Gasteiger partial charge in [-0.05, 0) is 37.3 Å². The average molecular weight is 367 g/mol. The number of nitrogens with zero attached hydrogens (tertiary/aromatic N) is 1. The van der Waals surface area contributed by atoms with Crippen molar-refractivity contribution in [3.05, 3.63) is 35.9 Å². The molecule has 2 fully saturated rings. The summed E-state index contributed by atoms with van der Waals surface area (Å²) in [6.45, 7) is 3.94. The van der Waals surface area contributed by atoms with E-state index in [1.54, 1.807) is 0 Å². The van der Waals surface area contributed by atoms with Gasteiger partial charge in [-0.1, -0.05) is 49.6 Å². The zero-order chi connectivity index (χ0) is 17.0. The Morgan fingerprint density at radius 1 is 1.24 bits per heavy atom. The second-order valence-corrected chi connectivity index (χ2v) is 7.57. The summed E-state index contributed by atoms with van der Waals surface area (Å²) in [5, 5.41) is 0. The van der Waals surface area contributed by atoms with Gasteiger partial charge in [0.05, 0.1) is 19.2 Å². The minimum Gasteiger partial charge on any atom is -0.370 e. The molecule has 0 bridgehead atoms. The maximum Gasteiger partial charge on any atom is 0.223 e. The number of ether oxygens (including phenoxy) is 1. The number of amides is 1. The molecule has 1 aromatic carbocycles. The number of hydrogen-bond donors (Lipinski definition) is 1. The van der Waals surface area contributed by atoms with Crippen molar-refractivity contribution in [3.63, 3.8) is 0 Å². The van der Waals surface area contributed by atoms with Crippen LogP contribution < -0.4 is 5.73 Å². The quantitative estimate of drug-likeness (QED) is 0.883. The van der Waals surface area contributed by atoms with Crippen molar-refractivity contribution < 1.29 is 9.53 Å². The molecule has 4 nitrogen and oxygen atoms in total. The van der Waals surface area contributed by atoms with E-state index in [1.807, 2.05) is 23.1 Å². The lowest BCUT2D eigenvalue weighted by Gasteiger charge is -2.42. The lowest BCUT2D eigenvalue weighted by molar-refractivity contribution is -0.147. The highest BCUT2D eigenvalue weighted by Gasteiger charge is 2.37. The molecular weight excluding hydrogens is 336 g/mol. The van der Waals surface area contributed by atoms with Gasteiger partial charge in [0.15, 0.2) is 0 Å². The number of rotatable bonds is 4. The summed E-state index contributed by atoms with van der Waals surface area (Å²) in [4.78, 5) is 15.1. The SMILES string of the molecule is CC1COC(c2ccccc2)CN1C(=O)CC1(CN)CCCCC1.Cl. The van der Waals surface area contributed by atoms with Crippen molar-refractivity contribution in [1.82, 2.24) is 4.90 Å². The predicted octanol–water partition coefficient (Wildman–Crippen LogP) is 3.70. The van der Waals surface area contributed by atoms with E-state index in [9.17, 15) is 4.79 Å². The Labute approximate surface area is 157 Å². The maximum atomic E-state index is 13.0. The average Bonchev–Trinajstić information content (AvgIpc) is 2.63. The first-order chi connectivity index (χ1) is 11.6. The van der Waals surface area contributed by atoms with Crippen molar-refractivity contribution in [2.45, 2.75) is 57.6 Å². The van der Waals surface area contributed by atoms with Crippen LogP contribution in [0.15, 0.2) is 30.3 Å². The van der Waals surface area contributed by atoms with Crippen molar-refractivity contribution in [2.75, 3.05) is 19.7 Å². The number of benzene rings is 1. The normalized spacial score (nSPS) is 25.9. The molecule has 2 unspecified atom stereocenters. The second kappa shape index (κ2) is 9.02. The molecule has 1 heterocycles. The molecule has 1 aliphatic carbocycles. The molecule has 0 spiro atoms. The van der Waals surface area contributed by atoms with E-state index in [2.05, 4.69) is 19.1 Å². The molecule has 1 saturated heterocycles. The van der Waals surface area contributed by atoms with Gasteiger partial charge in [-0.3, -0.25) is 4.79 Å². The largest absolute Gasteiger partial charge is 0.370 e. The van der Waals surface area contributed by atoms with Crippen LogP contribution in [0.3, 0.4) is 0 Å². The van der Waals surface area contributed by atoms with Crippen LogP contribution in [-0.4, -0.2) is 36.5 Å². The molecule has 25 heavy (non-hydrogen) atoms. The summed E-state index contributed by atoms with van der Waals surface area (Å²) in [6.07, 6.45) is 6.44. The van der Waals surface area contributed by atoms with Crippen LogP contribution in [0.25, 0.3) is 0 Å². The molecule has 0 aromatic heterocycles. The molecule has 140 valence electrons. The summed E-state index contributed by atoms with van der Waals surface area (Å²) >= 11 is 0. The van der Waals surface area contributed by atoms with E-state index < -0.39 is 0 Å². The molecule has 2 N–H and O–H groups in total. The molecule has 1 aliphatic heterocycles. The van der Waals surface area contributed by atoms with Gasteiger partial charge < -0.3 is 15.4 Å². The molecule has 2 aliphatic rings. The predicted molar refractivity (Wildman–Crippen MR) is 103 cm³/mol. The van der Waals surface area contributed by atoms with E-state index in [0.717, 1.165) is 18.4 Å². The first kappa shape index (κ1) is 20.2. The molecule has 1 amide bonds. The van der Waals surface area contributed by atoms with Crippen molar-refractivity contribution >= 4 is 18.3 Å². The van der Waals surface area contributed by atoms with E-state index in [4.69, 9.17) is 10.5 Å². The van der Waals surface area contributed by atoms with E-state index in [0.29, 0.717) is 26.1 Å². The molecule has 1 aromatic rings. The standard InChI is InChI=1S/C20H30N2O2.ClH/c1-16-14-24-18(17-8-4-2-5-9-17)13-22(16)19(23)12-20(15-21)10-6-3-7-11-20;/h2,4-5,8-9,16,18H,3,6-7,10-15,21H2,1H3;1H. The van der Waals surface area contributed by atoms with Crippen molar-refractivity contribution in [2.24, 2.45) is 11.1 Å². The third-order valence-corrected chi connectivity index (χ3v) is 5.80. The lowest BCUT2D eigenvalue weighted by atomic mass is 9.71. The fraction of sp³-hybridized carbons (Fsp3) is 0.650. The van der Waals surface area contributed by atoms with Gasteiger partial charge in [0, 0.05) is 6.42 Å². The van der Waals surface area contributed by atoms with E-state index >= 15 is 0 Å². The Morgan fingerprint density at radius 2 is 1.92 bits per heavy atom. The summed E-state index contributed by atoms with van der Waals surface area (Å²) < 4.78 is 5.98. The van der Waals surface area contributed by atoms with Crippen LogP contribution in [0.2, 0.25) is 0 Å². The second-order valence-electron chi connectivity index (χ2n) is 7.57. The van der Waals surface area contributed by atoms with Crippen molar-refractivity contribution in [3.8, 4) is 0 Å². The highest BCUT2D eigenvalue weighted by atomic mass is 35.5. The summed E-state index contributed by atoms with van der Waals surface area (Å²) in [5.74, 6) is 0.249. The molecule has 0 radical (unpaired) electrons. The molecule has 1 saturated carbocycles. The van der Waals surface area contributed by atoms with Crippen LogP contribution in [0.4, 0.5) is 0 Å². The Kier molecular flexibility index (Phi) is 7.29.